The molecule has 0 saturated carbocycles. The highest BCUT2D eigenvalue weighted by molar-refractivity contribution is 5.62. The standard InChI is InChI=1S/C12H17N5/c1-9(2)8-13-11-6-4-5-10(7-11)12-14-15-16-17(12)3/h4-7,9,13H,8H2,1-3H3. The molecule has 0 fully saturated rings. The Morgan fingerprint density at radius 2 is 2.18 bits per heavy atom. The lowest BCUT2D eigenvalue weighted by atomic mass is 10.1. The number of nitrogens with zero attached hydrogens (tertiary/aromatic N) is 4. The predicted octanol–water partition coefficient (Wildman–Crippen LogP) is 1.94. The Hall–Kier alpha value is -1.91. The molecule has 0 aliphatic carbocycles. The molecule has 5 heteroatoms. The fourth-order valence-corrected chi connectivity index (χ4v) is 1.56. The minimum Gasteiger partial charge on any atom is -0.385 e. The third-order valence-electron chi connectivity index (χ3n) is 2.46. The number of hydrogen-bond donors (Lipinski definition) is 1. The largest absolute Gasteiger partial charge is 0.385 e. The smallest absolute Gasteiger partial charge is 0.181 e. The molecule has 0 saturated heterocycles. The molecule has 0 spiro atoms. The summed E-state index contributed by atoms with van der Waals surface area (Å²) in [5, 5.41) is 14.9. The van der Waals surface area contributed by atoms with Crippen molar-refractivity contribution in [3.8, 4) is 11.4 Å². The van der Waals surface area contributed by atoms with E-state index in [2.05, 4.69) is 46.8 Å². The minimum atomic E-state index is 0.621. The molecule has 1 aromatic heterocycles. The average Bonchev–Trinajstić information content (AvgIpc) is 2.73. The molecule has 0 aliphatic rings. The van der Waals surface area contributed by atoms with Gasteiger partial charge in [0.25, 0.3) is 0 Å². The number of anilines is 1. The maximum absolute atomic E-state index is 4.00. The van der Waals surface area contributed by atoms with E-state index in [1.807, 2.05) is 19.2 Å². The first-order valence-corrected chi connectivity index (χ1v) is 5.73. The van der Waals surface area contributed by atoms with Gasteiger partial charge in [0.05, 0.1) is 0 Å². The summed E-state index contributed by atoms with van der Waals surface area (Å²) < 4.78 is 1.67. The number of rotatable bonds is 4. The lowest BCUT2D eigenvalue weighted by Crippen LogP contribution is -2.07. The van der Waals surface area contributed by atoms with Crippen molar-refractivity contribution in [3.63, 3.8) is 0 Å². The Kier molecular flexibility index (Phi) is 3.37. The highest BCUT2D eigenvalue weighted by atomic mass is 15.5. The highest BCUT2D eigenvalue weighted by Crippen LogP contribution is 2.19. The fraction of sp³-hybridized carbons (Fsp3) is 0.417. The number of benzene rings is 1. The minimum absolute atomic E-state index is 0.621. The first kappa shape index (κ1) is 11.6. The van der Waals surface area contributed by atoms with E-state index in [1.165, 1.54) is 0 Å². The molecular weight excluding hydrogens is 214 g/mol. The summed E-state index contributed by atoms with van der Waals surface area (Å²) in [7, 11) is 1.84. The summed E-state index contributed by atoms with van der Waals surface area (Å²) >= 11 is 0. The maximum Gasteiger partial charge on any atom is 0.181 e. The molecule has 0 radical (unpaired) electrons. The van der Waals surface area contributed by atoms with Crippen LogP contribution in [0.5, 0.6) is 0 Å². The Labute approximate surface area is 101 Å². The highest BCUT2D eigenvalue weighted by Gasteiger charge is 2.06. The summed E-state index contributed by atoms with van der Waals surface area (Å²) in [6.45, 7) is 5.33. The van der Waals surface area contributed by atoms with Gasteiger partial charge in [-0.1, -0.05) is 26.0 Å². The number of tetrazole rings is 1. The molecule has 1 aromatic carbocycles. The van der Waals surface area contributed by atoms with Gasteiger partial charge in [-0.3, -0.25) is 0 Å². The normalized spacial score (nSPS) is 10.8. The first-order valence-electron chi connectivity index (χ1n) is 5.73. The monoisotopic (exact) mass is 231 g/mol. The van der Waals surface area contributed by atoms with Gasteiger partial charge in [0, 0.05) is 24.8 Å². The van der Waals surface area contributed by atoms with Crippen LogP contribution in [0, 0.1) is 5.92 Å². The third-order valence-corrected chi connectivity index (χ3v) is 2.46. The zero-order valence-corrected chi connectivity index (χ0v) is 10.4. The van der Waals surface area contributed by atoms with Gasteiger partial charge in [-0.25, -0.2) is 4.68 Å². The van der Waals surface area contributed by atoms with Gasteiger partial charge in [-0.05, 0) is 28.5 Å². The van der Waals surface area contributed by atoms with E-state index in [0.717, 1.165) is 23.6 Å². The van der Waals surface area contributed by atoms with Crippen molar-refractivity contribution >= 4 is 5.69 Å². The second-order valence-corrected chi connectivity index (χ2v) is 4.48. The van der Waals surface area contributed by atoms with Gasteiger partial charge in [0.15, 0.2) is 5.82 Å². The molecule has 0 amide bonds. The van der Waals surface area contributed by atoms with Crippen LogP contribution in [0.2, 0.25) is 0 Å². The van der Waals surface area contributed by atoms with E-state index in [4.69, 9.17) is 0 Å². The van der Waals surface area contributed by atoms with Crippen LogP contribution in [0.3, 0.4) is 0 Å². The van der Waals surface area contributed by atoms with E-state index in [1.54, 1.807) is 4.68 Å². The van der Waals surface area contributed by atoms with Gasteiger partial charge in [0.1, 0.15) is 0 Å². The molecule has 17 heavy (non-hydrogen) atoms. The van der Waals surface area contributed by atoms with Crippen molar-refractivity contribution in [2.45, 2.75) is 13.8 Å². The van der Waals surface area contributed by atoms with Gasteiger partial charge < -0.3 is 5.32 Å². The number of hydrogen-bond acceptors (Lipinski definition) is 4. The van der Waals surface area contributed by atoms with Crippen molar-refractivity contribution in [2.75, 3.05) is 11.9 Å². The second-order valence-electron chi connectivity index (χ2n) is 4.48. The van der Waals surface area contributed by atoms with Crippen LogP contribution < -0.4 is 5.32 Å². The van der Waals surface area contributed by atoms with E-state index < -0.39 is 0 Å². The molecule has 5 nitrogen and oxygen atoms in total. The average molecular weight is 231 g/mol. The Morgan fingerprint density at radius 1 is 1.35 bits per heavy atom. The molecule has 0 atom stereocenters. The zero-order chi connectivity index (χ0) is 12.3. The quantitative estimate of drug-likeness (QED) is 0.873. The van der Waals surface area contributed by atoms with E-state index in [-0.39, 0.29) is 0 Å². The SMILES string of the molecule is CC(C)CNc1cccc(-c2nnnn2C)c1. The van der Waals surface area contributed by atoms with Gasteiger partial charge in [0.2, 0.25) is 0 Å². The van der Waals surface area contributed by atoms with Crippen LogP contribution in [0.4, 0.5) is 5.69 Å². The molecule has 0 bridgehead atoms. The fourth-order valence-electron chi connectivity index (χ4n) is 1.56. The Bertz CT molecular complexity index is 489. The van der Waals surface area contributed by atoms with Crippen LogP contribution in [-0.4, -0.2) is 26.8 Å². The van der Waals surface area contributed by atoms with Gasteiger partial charge in [-0.2, -0.15) is 0 Å². The van der Waals surface area contributed by atoms with Crippen molar-refractivity contribution in [1.82, 2.24) is 20.2 Å². The van der Waals surface area contributed by atoms with Crippen LogP contribution in [0.15, 0.2) is 24.3 Å². The van der Waals surface area contributed by atoms with Gasteiger partial charge >= 0.3 is 0 Å². The number of aromatic nitrogens is 4. The molecule has 1 heterocycles. The molecule has 1 N–H and O–H groups in total. The van der Waals surface area contributed by atoms with Crippen LogP contribution in [0.25, 0.3) is 11.4 Å². The Morgan fingerprint density at radius 3 is 2.82 bits per heavy atom. The summed E-state index contributed by atoms with van der Waals surface area (Å²) in [5.41, 5.74) is 2.12. The van der Waals surface area contributed by atoms with Crippen molar-refractivity contribution < 1.29 is 0 Å². The molecule has 90 valence electrons. The topological polar surface area (TPSA) is 55.6 Å². The first-order chi connectivity index (χ1) is 8.16. The van der Waals surface area contributed by atoms with Crippen molar-refractivity contribution in [2.24, 2.45) is 13.0 Å². The molecule has 0 aliphatic heterocycles. The molecule has 2 rings (SSSR count). The van der Waals surface area contributed by atoms with Crippen LogP contribution >= 0.6 is 0 Å². The van der Waals surface area contributed by atoms with E-state index in [0.29, 0.717) is 5.92 Å². The summed E-state index contributed by atoms with van der Waals surface area (Å²) in [5.74, 6) is 1.40. The van der Waals surface area contributed by atoms with Gasteiger partial charge in [-0.15, -0.1) is 5.10 Å². The summed E-state index contributed by atoms with van der Waals surface area (Å²) in [4.78, 5) is 0. The predicted molar refractivity (Wildman–Crippen MR) is 67.6 cm³/mol. The van der Waals surface area contributed by atoms with E-state index in [9.17, 15) is 0 Å². The van der Waals surface area contributed by atoms with Crippen molar-refractivity contribution in [1.29, 1.82) is 0 Å². The summed E-state index contributed by atoms with van der Waals surface area (Å²) in [6.07, 6.45) is 0. The lowest BCUT2D eigenvalue weighted by Gasteiger charge is -2.09. The molecular formula is C12H17N5. The molecule has 0 unspecified atom stereocenters. The third kappa shape index (κ3) is 2.81. The van der Waals surface area contributed by atoms with E-state index >= 15 is 0 Å². The lowest BCUT2D eigenvalue weighted by molar-refractivity contribution is 0.689. The van der Waals surface area contributed by atoms with Crippen LogP contribution in [0.1, 0.15) is 13.8 Å². The van der Waals surface area contributed by atoms with Crippen molar-refractivity contribution in [3.05, 3.63) is 24.3 Å². The maximum atomic E-state index is 4.00. The zero-order valence-electron chi connectivity index (χ0n) is 10.4. The summed E-state index contributed by atoms with van der Waals surface area (Å²) in [6, 6.07) is 8.13. The second kappa shape index (κ2) is 4.95. The number of nitrogens with one attached hydrogen (secondary N) is 1. The number of aryl methyl sites for hydroxylation is 1. The van der Waals surface area contributed by atoms with Crippen LogP contribution in [-0.2, 0) is 7.05 Å². The molecule has 2 aromatic rings. The Balaban J connectivity index is 2.20.